The fourth-order valence-corrected chi connectivity index (χ4v) is 3.74. The van der Waals surface area contributed by atoms with Crippen LogP contribution in [0.2, 0.25) is 5.02 Å². The average Bonchev–Trinajstić information content (AvgIpc) is 3.11. The molecule has 1 heterocycles. The maximum atomic E-state index is 13.0. The van der Waals surface area contributed by atoms with Crippen LogP contribution in [0.3, 0.4) is 0 Å². The predicted molar refractivity (Wildman–Crippen MR) is 119 cm³/mol. The number of rotatable bonds is 7. The van der Waals surface area contributed by atoms with Gasteiger partial charge in [-0.15, -0.1) is 0 Å². The molecule has 0 atom stereocenters. The molecule has 0 saturated heterocycles. The summed E-state index contributed by atoms with van der Waals surface area (Å²) >= 11 is 5.77. The van der Waals surface area contributed by atoms with Crippen molar-refractivity contribution in [2.24, 2.45) is 0 Å². The Bertz CT molecular complexity index is 1220. The lowest BCUT2D eigenvalue weighted by Gasteiger charge is -2.17. The van der Waals surface area contributed by atoms with E-state index in [0.29, 0.717) is 24.0 Å². The number of ketones is 1. The highest BCUT2D eigenvalue weighted by molar-refractivity contribution is 6.44. The first-order valence-corrected chi connectivity index (χ1v) is 10.5. The number of alkyl halides is 3. The van der Waals surface area contributed by atoms with Gasteiger partial charge in [0.1, 0.15) is 6.54 Å². The Balaban J connectivity index is 1.89. The molecule has 174 valence electrons. The summed E-state index contributed by atoms with van der Waals surface area (Å²) in [6.07, 6.45) is -3.21. The summed E-state index contributed by atoms with van der Waals surface area (Å²) < 4.78 is 40.5. The number of nitrogens with zero attached hydrogens (tertiary/aromatic N) is 2. The number of carbonyl (C=O) groups excluding carboxylic acids is 3. The average molecular weight is 480 g/mol. The Kier molecular flexibility index (Phi) is 7.12. The molecule has 0 fully saturated rings. The number of aromatic nitrogens is 1. The molecule has 6 nitrogen and oxygen atoms in total. The van der Waals surface area contributed by atoms with E-state index in [0.717, 1.165) is 12.1 Å². The minimum absolute atomic E-state index is 0.107. The van der Waals surface area contributed by atoms with Crippen LogP contribution < -0.4 is 5.32 Å². The van der Waals surface area contributed by atoms with E-state index in [1.54, 1.807) is 38.1 Å². The third kappa shape index (κ3) is 5.36. The number of hydrogen-bond acceptors (Lipinski definition) is 3. The lowest BCUT2D eigenvalue weighted by atomic mass is 10.1. The van der Waals surface area contributed by atoms with Gasteiger partial charge in [-0.1, -0.05) is 29.8 Å². The standard InChI is InChI=1S/C23H21ClF3N3O3/c1-3-29(4-2)22(33)21(32)18-12-30(19-8-6-5-7-17(18)19)13-20(31)28-16-10-14(23(25,26)27)9-15(24)11-16/h5-12H,3-4,13H2,1-2H3,(H,28,31). The first kappa shape index (κ1) is 24.3. The van der Waals surface area contributed by atoms with Crippen molar-refractivity contribution in [3.63, 3.8) is 0 Å². The van der Waals surface area contributed by atoms with Gasteiger partial charge in [0.25, 0.3) is 11.7 Å². The molecular weight excluding hydrogens is 459 g/mol. The summed E-state index contributed by atoms with van der Waals surface area (Å²) in [5.74, 6) is -1.97. The number of para-hydroxylation sites is 1. The molecule has 3 rings (SSSR count). The fourth-order valence-electron chi connectivity index (χ4n) is 3.51. The molecule has 1 N–H and O–H groups in total. The van der Waals surface area contributed by atoms with E-state index in [-0.39, 0.29) is 22.8 Å². The van der Waals surface area contributed by atoms with E-state index in [1.165, 1.54) is 21.7 Å². The number of hydrogen-bond donors (Lipinski definition) is 1. The highest BCUT2D eigenvalue weighted by Gasteiger charge is 2.31. The molecule has 0 spiro atoms. The lowest BCUT2D eigenvalue weighted by molar-refractivity contribution is -0.137. The third-order valence-corrected chi connectivity index (χ3v) is 5.32. The highest BCUT2D eigenvalue weighted by Crippen LogP contribution is 2.33. The molecule has 0 aliphatic carbocycles. The van der Waals surface area contributed by atoms with Gasteiger partial charge in [-0.3, -0.25) is 14.4 Å². The quantitative estimate of drug-likeness (QED) is 0.383. The van der Waals surface area contributed by atoms with Gasteiger partial charge in [-0.2, -0.15) is 13.2 Å². The van der Waals surface area contributed by atoms with Crippen molar-refractivity contribution in [2.45, 2.75) is 26.6 Å². The van der Waals surface area contributed by atoms with Gasteiger partial charge >= 0.3 is 6.18 Å². The maximum Gasteiger partial charge on any atom is 0.416 e. The van der Waals surface area contributed by atoms with Crippen molar-refractivity contribution < 1.29 is 27.6 Å². The maximum absolute atomic E-state index is 13.0. The van der Waals surface area contributed by atoms with E-state index in [2.05, 4.69) is 5.32 Å². The number of anilines is 1. The smallest absolute Gasteiger partial charge is 0.337 e. The SMILES string of the molecule is CCN(CC)C(=O)C(=O)c1cn(CC(=O)Nc2cc(Cl)cc(C(F)(F)F)c2)c2ccccc12. The van der Waals surface area contributed by atoms with Gasteiger partial charge in [-0.05, 0) is 38.1 Å². The Morgan fingerprint density at radius 2 is 1.73 bits per heavy atom. The Labute approximate surface area is 192 Å². The fraction of sp³-hybridized carbons (Fsp3) is 0.261. The van der Waals surface area contributed by atoms with Crippen LogP contribution in [0.25, 0.3) is 10.9 Å². The summed E-state index contributed by atoms with van der Waals surface area (Å²) in [7, 11) is 0. The third-order valence-electron chi connectivity index (χ3n) is 5.10. The van der Waals surface area contributed by atoms with Crippen molar-refractivity contribution >= 4 is 45.8 Å². The zero-order valence-electron chi connectivity index (χ0n) is 17.9. The molecule has 2 aromatic carbocycles. The van der Waals surface area contributed by atoms with Gasteiger partial charge in [0, 0.05) is 40.9 Å². The van der Waals surface area contributed by atoms with Crippen molar-refractivity contribution in [3.8, 4) is 0 Å². The number of Topliss-reactive ketones (excluding diaryl/α,β-unsaturated/α-hetero) is 1. The minimum atomic E-state index is -4.62. The van der Waals surface area contributed by atoms with Crippen molar-refractivity contribution in [3.05, 3.63) is 64.8 Å². The van der Waals surface area contributed by atoms with Crippen LogP contribution in [0.5, 0.6) is 0 Å². The number of halogens is 4. The van der Waals surface area contributed by atoms with E-state index in [1.807, 2.05) is 0 Å². The van der Waals surface area contributed by atoms with E-state index < -0.39 is 29.3 Å². The number of amides is 2. The van der Waals surface area contributed by atoms with Crippen LogP contribution in [0.4, 0.5) is 18.9 Å². The molecule has 33 heavy (non-hydrogen) atoms. The van der Waals surface area contributed by atoms with E-state index in [4.69, 9.17) is 11.6 Å². The Hall–Kier alpha value is -3.33. The molecule has 10 heteroatoms. The number of carbonyl (C=O) groups is 3. The second kappa shape index (κ2) is 9.66. The molecule has 0 unspecified atom stereocenters. The number of likely N-dealkylation sites (N-methyl/N-ethyl adjacent to an activating group) is 1. The normalized spacial score (nSPS) is 11.5. The summed E-state index contributed by atoms with van der Waals surface area (Å²) in [6, 6.07) is 9.53. The molecule has 3 aromatic rings. The molecule has 0 bridgehead atoms. The summed E-state index contributed by atoms with van der Waals surface area (Å²) in [4.78, 5) is 39.4. The van der Waals surface area contributed by atoms with E-state index >= 15 is 0 Å². The van der Waals surface area contributed by atoms with Crippen molar-refractivity contribution in [1.82, 2.24) is 9.47 Å². The highest BCUT2D eigenvalue weighted by atomic mass is 35.5. The zero-order valence-corrected chi connectivity index (χ0v) is 18.6. The molecule has 0 saturated carbocycles. The van der Waals surface area contributed by atoms with Crippen molar-refractivity contribution in [1.29, 1.82) is 0 Å². The van der Waals surface area contributed by atoms with Gasteiger partial charge in [0.05, 0.1) is 11.1 Å². The molecular formula is C23H21ClF3N3O3. The zero-order chi connectivity index (χ0) is 24.3. The summed E-state index contributed by atoms with van der Waals surface area (Å²) in [5.41, 5.74) is -0.411. The second-order valence-corrected chi connectivity index (χ2v) is 7.71. The van der Waals surface area contributed by atoms with Gasteiger partial charge in [0.15, 0.2) is 0 Å². The summed E-state index contributed by atoms with van der Waals surface area (Å²) in [6.45, 7) is 4.00. The Morgan fingerprint density at radius 3 is 2.36 bits per heavy atom. The van der Waals surface area contributed by atoms with Crippen LogP contribution in [0.15, 0.2) is 48.7 Å². The lowest BCUT2D eigenvalue weighted by Crippen LogP contribution is -2.36. The molecule has 0 radical (unpaired) electrons. The molecule has 0 aliphatic heterocycles. The van der Waals surface area contributed by atoms with Crippen LogP contribution in [0, 0.1) is 0 Å². The monoisotopic (exact) mass is 479 g/mol. The molecule has 2 amide bonds. The number of fused-ring (bicyclic) bond motifs is 1. The molecule has 1 aromatic heterocycles. The Morgan fingerprint density at radius 1 is 1.06 bits per heavy atom. The number of benzene rings is 2. The number of nitrogens with one attached hydrogen (secondary N) is 1. The van der Waals surface area contributed by atoms with Crippen molar-refractivity contribution in [2.75, 3.05) is 18.4 Å². The first-order chi connectivity index (χ1) is 15.5. The predicted octanol–water partition coefficient (Wildman–Crippen LogP) is 5.00. The van der Waals surface area contributed by atoms with Crippen LogP contribution >= 0.6 is 11.6 Å². The van der Waals surface area contributed by atoms with Gasteiger partial charge in [0.2, 0.25) is 5.91 Å². The van der Waals surface area contributed by atoms with E-state index in [9.17, 15) is 27.6 Å². The first-order valence-electron chi connectivity index (χ1n) is 10.1. The minimum Gasteiger partial charge on any atom is -0.337 e. The van der Waals surface area contributed by atoms with Gasteiger partial charge < -0.3 is 14.8 Å². The molecule has 0 aliphatic rings. The van der Waals surface area contributed by atoms with Crippen LogP contribution in [-0.4, -0.2) is 40.2 Å². The topological polar surface area (TPSA) is 71.4 Å². The van der Waals surface area contributed by atoms with Crippen LogP contribution in [0.1, 0.15) is 29.8 Å². The van der Waals surface area contributed by atoms with Crippen LogP contribution in [-0.2, 0) is 22.3 Å². The second-order valence-electron chi connectivity index (χ2n) is 7.27. The van der Waals surface area contributed by atoms with Gasteiger partial charge in [-0.25, -0.2) is 0 Å². The summed E-state index contributed by atoms with van der Waals surface area (Å²) in [5, 5.41) is 2.73. The largest absolute Gasteiger partial charge is 0.416 e.